The summed E-state index contributed by atoms with van der Waals surface area (Å²) < 4.78 is 0. The number of hydrogen-bond donors (Lipinski definition) is 0. The summed E-state index contributed by atoms with van der Waals surface area (Å²) in [7, 11) is 0. The van der Waals surface area contributed by atoms with Gasteiger partial charge in [-0.3, -0.25) is 0 Å². The van der Waals surface area contributed by atoms with Crippen molar-refractivity contribution in [3.63, 3.8) is 0 Å². The Kier molecular flexibility index (Phi) is 2.59. The second-order valence-corrected chi connectivity index (χ2v) is 6.57. The molecule has 1 heterocycles. The van der Waals surface area contributed by atoms with Crippen LogP contribution in [0.1, 0.15) is 44.4 Å². The Morgan fingerprint density at radius 1 is 1.00 bits per heavy atom. The van der Waals surface area contributed by atoms with E-state index >= 15 is 0 Å². The van der Waals surface area contributed by atoms with E-state index < -0.39 is 0 Å². The Hall–Kier alpha value is -0.300. The average Bonchev–Trinajstić information content (AvgIpc) is 2.33. The molecule has 1 aromatic rings. The summed E-state index contributed by atoms with van der Waals surface area (Å²) in [6, 6.07) is 4.48. The van der Waals surface area contributed by atoms with Crippen LogP contribution in [0.15, 0.2) is 12.1 Å². The van der Waals surface area contributed by atoms with Gasteiger partial charge < -0.3 is 0 Å². The third-order valence-corrected chi connectivity index (χ3v) is 4.56. The van der Waals surface area contributed by atoms with Gasteiger partial charge in [0.15, 0.2) is 0 Å². The van der Waals surface area contributed by atoms with Gasteiger partial charge >= 0.3 is 0 Å². The monoisotopic (exact) mass is 196 g/mol. The first-order valence-electron chi connectivity index (χ1n) is 4.82. The van der Waals surface area contributed by atoms with Gasteiger partial charge in [-0.2, -0.15) is 0 Å². The van der Waals surface area contributed by atoms with Gasteiger partial charge in [0, 0.05) is 15.2 Å². The van der Waals surface area contributed by atoms with Crippen LogP contribution in [0.2, 0.25) is 0 Å². The van der Waals surface area contributed by atoms with E-state index in [2.05, 4.69) is 53.7 Å². The molecule has 0 aliphatic heterocycles. The molecule has 0 atom stereocenters. The third-order valence-electron chi connectivity index (χ3n) is 3.23. The molecule has 74 valence electrons. The number of hydrogen-bond acceptors (Lipinski definition) is 1. The quantitative estimate of drug-likeness (QED) is 0.625. The molecule has 1 rings (SSSR count). The molecule has 0 saturated carbocycles. The number of thiophene rings is 1. The standard InChI is InChI=1S/C12H20S/c1-9-7-8-10(13-9)12(5,6)11(2,3)4/h7-8H,1-6H3. The maximum atomic E-state index is 2.33. The lowest BCUT2D eigenvalue weighted by Gasteiger charge is -2.38. The highest BCUT2D eigenvalue weighted by molar-refractivity contribution is 7.12. The Bertz CT molecular complexity index is 286. The summed E-state index contributed by atoms with van der Waals surface area (Å²) in [5.74, 6) is 0. The molecule has 0 fully saturated rings. The minimum atomic E-state index is 0.270. The van der Waals surface area contributed by atoms with Crippen LogP contribution in [0.3, 0.4) is 0 Å². The molecular weight excluding hydrogens is 176 g/mol. The van der Waals surface area contributed by atoms with Gasteiger partial charge in [0.05, 0.1) is 0 Å². The molecular formula is C12H20S. The van der Waals surface area contributed by atoms with Gasteiger partial charge in [-0.05, 0) is 24.5 Å². The third kappa shape index (κ3) is 1.96. The zero-order valence-electron chi connectivity index (χ0n) is 9.56. The Labute approximate surface area is 86.0 Å². The van der Waals surface area contributed by atoms with Crippen molar-refractivity contribution in [2.24, 2.45) is 5.41 Å². The van der Waals surface area contributed by atoms with E-state index in [4.69, 9.17) is 0 Å². The highest BCUT2D eigenvalue weighted by Gasteiger charge is 2.35. The maximum Gasteiger partial charge on any atom is 0.0110 e. The molecule has 0 saturated heterocycles. The zero-order valence-corrected chi connectivity index (χ0v) is 10.4. The fraction of sp³-hybridized carbons (Fsp3) is 0.667. The van der Waals surface area contributed by atoms with Crippen LogP contribution in [0.4, 0.5) is 0 Å². The van der Waals surface area contributed by atoms with Crippen molar-refractivity contribution < 1.29 is 0 Å². The summed E-state index contributed by atoms with van der Waals surface area (Å²) in [6.45, 7) is 13.8. The molecule has 0 N–H and O–H groups in total. The Morgan fingerprint density at radius 3 is 1.85 bits per heavy atom. The van der Waals surface area contributed by atoms with Crippen LogP contribution >= 0.6 is 11.3 Å². The van der Waals surface area contributed by atoms with Gasteiger partial charge in [0.2, 0.25) is 0 Å². The fourth-order valence-electron chi connectivity index (χ4n) is 1.14. The van der Waals surface area contributed by atoms with Crippen LogP contribution in [0.5, 0.6) is 0 Å². The van der Waals surface area contributed by atoms with Crippen LogP contribution in [-0.2, 0) is 5.41 Å². The lowest BCUT2D eigenvalue weighted by Crippen LogP contribution is -2.32. The smallest absolute Gasteiger partial charge is 0.0110 e. The SMILES string of the molecule is Cc1ccc(C(C)(C)C(C)(C)C)s1. The molecule has 0 aliphatic carbocycles. The van der Waals surface area contributed by atoms with E-state index in [1.54, 1.807) is 0 Å². The van der Waals surface area contributed by atoms with Gasteiger partial charge in [-0.25, -0.2) is 0 Å². The highest BCUT2D eigenvalue weighted by Crippen LogP contribution is 2.43. The van der Waals surface area contributed by atoms with E-state index in [1.165, 1.54) is 9.75 Å². The molecule has 13 heavy (non-hydrogen) atoms. The van der Waals surface area contributed by atoms with Gasteiger partial charge in [-0.1, -0.05) is 34.6 Å². The molecule has 0 aromatic carbocycles. The normalized spacial score (nSPS) is 13.4. The minimum absolute atomic E-state index is 0.270. The summed E-state index contributed by atoms with van der Waals surface area (Å²) in [5, 5.41) is 0. The first-order valence-corrected chi connectivity index (χ1v) is 5.64. The molecule has 1 heteroatoms. The molecule has 0 aliphatic rings. The fourth-order valence-corrected chi connectivity index (χ4v) is 2.32. The molecule has 0 spiro atoms. The van der Waals surface area contributed by atoms with Crippen molar-refractivity contribution in [2.45, 2.75) is 47.0 Å². The predicted molar refractivity (Wildman–Crippen MR) is 61.5 cm³/mol. The van der Waals surface area contributed by atoms with Gasteiger partial charge in [-0.15, -0.1) is 11.3 Å². The summed E-state index contributed by atoms with van der Waals surface area (Å²) in [4.78, 5) is 2.91. The second-order valence-electron chi connectivity index (χ2n) is 5.29. The maximum absolute atomic E-state index is 2.33. The lowest BCUT2D eigenvalue weighted by molar-refractivity contribution is 0.230. The summed E-state index contributed by atoms with van der Waals surface area (Å²) in [5.41, 5.74) is 0.593. The van der Waals surface area contributed by atoms with Crippen LogP contribution in [0.25, 0.3) is 0 Å². The van der Waals surface area contributed by atoms with E-state index in [-0.39, 0.29) is 5.41 Å². The zero-order chi connectivity index (χ0) is 10.3. The highest BCUT2D eigenvalue weighted by atomic mass is 32.1. The van der Waals surface area contributed by atoms with Crippen molar-refractivity contribution >= 4 is 11.3 Å². The van der Waals surface area contributed by atoms with Crippen molar-refractivity contribution in [1.82, 2.24) is 0 Å². The van der Waals surface area contributed by atoms with Crippen molar-refractivity contribution in [3.8, 4) is 0 Å². The molecule has 0 nitrogen and oxygen atoms in total. The molecule has 0 radical (unpaired) electrons. The van der Waals surface area contributed by atoms with Crippen molar-refractivity contribution in [2.75, 3.05) is 0 Å². The summed E-state index contributed by atoms with van der Waals surface area (Å²) >= 11 is 1.92. The van der Waals surface area contributed by atoms with Crippen molar-refractivity contribution in [3.05, 3.63) is 21.9 Å². The van der Waals surface area contributed by atoms with Crippen LogP contribution < -0.4 is 0 Å². The minimum Gasteiger partial charge on any atom is -0.145 e. The van der Waals surface area contributed by atoms with Gasteiger partial charge in [0.25, 0.3) is 0 Å². The van der Waals surface area contributed by atoms with E-state index in [1.807, 2.05) is 11.3 Å². The lowest BCUT2D eigenvalue weighted by atomic mass is 9.68. The predicted octanol–water partition coefficient (Wildman–Crippen LogP) is 4.38. The largest absolute Gasteiger partial charge is 0.145 e. The van der Waals surface area contributed by atoms with Crippen molar-refractivity contribution in [1.29, 1.82) is 0 Å². The van der Waals surface area contributed by atoms with Crippen LogP contribution in [-0.4, -0.2) is 0 Å². The molecule has 0 unspecified atom stereocenters. The Balaban J connectivity index is 3.07. The topological polar surface area (TPSA) is 0 Å². The number of aryl methyl sites for hydroxylation is 1. The average molecular weight is 196 g/mol. The Morgan fingerprint density at radius 2 is 1.54 bits per heavy atom. The second kappa shape index (κ2) is 3.13. The summed E-state index contributed by atoms with van der Waals surface area (Å²) in [6.07, 6.45) is 0. The van der Waals surface area contributed by atoms with Crippen LogP contribution in [0, 0.1) is 12.3 Å². The van der Waals surface area contributed by atoms with Gasteiger partial charge in [0.1, 0.15) is 0 Å². The first-order chi connectivity index (χ1) is 5.75. The first kappa shape index (κ1) is 10.8. The molecule has 0 amide bonds. The number of rotatable bonds is 1. The van der Waals surface area contributed by atoms with E-state index in [9.17, 15) is 0 Å². The van der Waals surface area contributed by atoms with E-state index in [0.717, 1.165) is 0 Å². The molecule has 0 bridgehead atoms. The van der Waals surface area contributed by atoms with E-state index in [0.29, 0.717) is 5.41 Å². The molecule has 1 aromatic heterocycles.